The van der Waals surface area contributed by atoms with Gasteiger partial charge in [0, 0.05) is 21.2 Å². The van der Waals surface area contributed by atoms with Gasteiger partial charge >= 0.3 is 0 Å². The standard InChI is InChI=1S/C25H16BrClFN5O2/c26-17-9-10-22(35-14-19-20(27)7-4-8-21(19)28)16(11-17)13-30-33-25-31-23(15-5-2-1-3-6-15)18(12-29)24(34)32-25/h1-11,13H,14H2,(H2,31,32,33,34). The van der Waals surface area contributed by atoms with Crippen molar-refractivity contribution >= 4 is 39.7 Å². The lowest BCUT2D eigenvalue weighted by Gasteiger charge is -2.11. The Morgan fingerprint density at radius 1 is 1.20 bits per heavy atom. The number of nitriles is 1. The molecule has 35 heavy (non-hydrogen) atoms. The topological polar surface area (TPSA) is 103 Å². The largest absolute Gasteiger partial charge is 0.488 e. The molecule has 0 aliphatic carbocycles. The number of rotatable bonds is 7. The van der Waals surface area contributed by atoms with Gasteiger partial charge in [-0.1, -0.05) is 63.9 Å². The third kappa shape index (κ3) is 5.74. The summed E-state index contributed by atoms with van der Waals surface area (Å²) in [6, 6.07) is 20.5. The zero-order valence-corrected chi connectivity index (χ0v) is 20.3. The van der Waals surface area contributed by atoms with Crippen molar-refractivity contribution in [2.45, 2.75) is 6.61 Å². The number of ether oxygens (including phenoxy) is 1. The Morgan fingerprint density at radius 3 is 2.74 bits per heavy atom. The number of hydrazone groups is 1. The fraction of sp³-hybridized carbons (Fsp3) is 0.0400. The smallest absolute Gasteiger partial charge is 0.270 e. The van der Waals surface area contributed by atoms with E-state index in [9.17, 15) is 14.4 Å². The van der Waals surface area contributed by atoms with Gasteiger partial charge in [-0.15, -0.1) is 0 Å². The first-order valence-corrected chi connectivity index (χ1v) is 11.4. The van der Waals surface area contributed by atoms with E-state index in [2.05, 4.69) is 36.4 Å². The highest BCUT2D eigenvalue weighted by atomic mass is 79.9. The van der Waals surface area contributed by atoms with E-state index in [4.69, 9.17) is 16.3 Å². The Kier molecular flexibility index (Phi) is 7.55. The van der Waals surface area contributed by atoms with E-state index in [1.165, 1.54) is 18.3 Å². The van der Waals surface area contributed by atoms with E-state index in [0.29, 0.717) is 16.9 Å². The number of H-pyrrole nitrogens is 1. The van der Waals surface area contributed by atoms with Gasteiger partial charge < -0.3 is 4.74 Å². The molecule has 0 radical (unpaired) electrons. The summed E-state index contributed by atoms with van der Waals surface area (Å²) in [6.45, 7) is -0.0770. The molecule has 0 unspecified atom stereocenters. The molecular weight excluding hydrogens is 537 g/mol. The van der Waals surface area contributed by atoms with Crippen LogP contribution in [0.3, 0.4) is 0 Å². The van der Waals surface area contributed by atoms with Gasteiger partial charge in [-0.2, -0.15) is 10.4 Å². The summed E-state index contributed by atoms with van der Waals surface area (Å²) in [4.78, 5) is 19.2. The number of nitrogens with zero attached hydrogens (tertiary/aromatic N) is 3. The van der Waals surface area contributed by atoms with Crippen LogP contribution in [0.4, 0.5) is 10.3 Å². The number of hydrogen-bond donors (Lipinski definition) is 2. The fourth-order valence-electron chi connectivity index (χ4n) is 3.17. The maximum Gasteiger partial charge on any atom is 0.270 e. The summed E-state index contributed by atoms with van der Waals surface area (Å²) in [5.74, 6) is 0.0283. The highest BCUT2D eigenvalue weighted by molar-refractivity contribution is 9.10. The number of aromatic nitrogens is 2. The lowest BCUT2D eigenvalue weighted by Crippen LogP contribution is -2.16. The maximum absolute atomic E-state index is 14.1. The van der Waals surface area contributed by atoms with Crippen LogP contribution in [0.25, 0.3) is 11.3 Å². The van der Waals surface area contributed by atoms with Crippen molar-refractivity contribution in [1.29, 1.82) is 5.26 Å². The van der Waals surface area contributed by atoms with Crippen molar-refractivity contribution in [1.82, 2.24) is 9.97 Å². The molecule has 1 aromatic heterocycles. The Labute approximate surface area is 213 Å². The first-order chi connectivity index (χ1) is 17.0. The monoisotopic (exact) mass is 551 g/mol. The SMILES string of the molecule is N#Cc1c(-c2ccccc2)nc(NN=Cc2cc(Br)ccc2OCc2c(F)cccc2Cl)[nH]c1=O. The quantitative estimate of drug-likeness (QED) is 0.220. The molecule has 3 aromatic carbocycles. The number of nitrogens with one attached hydrogen (secondary N) is 2. The van der Waals surface area contributed by atoms with Gasteiger partial charge in [0.15, 0.2) is 0 Å². The minimum atomic E-state index is -0.590. The van der Waals surface area contributed by atoms with Crippen molar-refractivity contribution in [3.63, 3.8) is 0 Å². The van der Waals surface area contributed by atoms with Crippen LogP contribution in [-0.4, -0.2) is 16.2 Å². The van der Waals surface area contributed by atoms with E-state index >= 15 is 0 Å². The molecule has 0 aliphatic rings. The minimum Gasteiger partial charge on any atom is -0.488 e. The molecule has 0 saturated heterocycles. The van der Waals surface area contributed by atoms with Gasteiger partial charge in [0.05, 0.1) is 16.9 Å². The van der Waals surface area contributed by atoms with Crippen molar-refractivity contribution in [2.24, 2.45) is 5.10 Å². The second-order valence-electron chi connectivity index (χ2n) is 7.16. The summed E-state index contributed by atoms with van der Waals surface area (Å²) < 4.78 is 20.7. The molecule has 1 heterocycles. The van der Waals surface area contributed by atoms with E-state index in [1.54, 1.807) is 48.5 Å². The molecule has 0 amide bonds. The highest BCUT2D eigenvalue weighted by Crippen LogP contribution is 2.26. The molecule has 0 aliphatic heterocycles. The van der Waals surface area contributed by atoms with Crippen molar-refractivity contribution < 1.29 is 9.13 Å². The first-order valence-electron chi connectivity index (χ1n) is 10.2. The van der Waals surface area contributed by atoms with Crippen molar-refractivity contribution in [3.05, 3.63) is 109 Å². The van der Waals surface area contributed by atoms with Crippen LogP contribution in [0.1, 0.15) is 16.7 Å². The molecule has 0 fully saturated rings. The number of aromatic amines is 1. The van der Waals surface area contributed by atoms with Gasteiger partial charge in [0.2, 0.25) is 5.95 Å². The molecule has 0 spiro atoms. The number of anilines is 1. The molecule has 7 nitrogen and oxygen atoms in total. The summed E-state index contributed by atoms with van der Waals surface area (Å²) in [7, 11) is 0. The van der Waals surface area contributed by atoms with Crippen molar-refractivity contribution in [2.75, 3.05) is 5.43 Å². The van der Waals surface area contributed by atoms with E-state index in [0.717, 1.165) is 4.47 Å². The first kappa shape index (κ1) is 24.1. The number of halogens is 3. The molecule has 4 rings (SSSR count). The summed E-state index contributed by atoms with van der Waals surface area (Å²) in [6.07, 6.45) is 1.46. The molecular formula is C25H16BrClFN5O2. The van der Waals surface area contributed by atoms with Crippen molar-refractivity contribution in [3.8, 4) is 23.1 Å². The summed E-state index contributed by atoms with van der Waals surface area (Å²) >= 11 is 9.49. The average molecular weight is 553 g/mol. The highest BCUT2D eigenvalue weighted by Gasteiger charge is 2.13. The lowest BCUT2D eigenvalue weighted by atomic mass is 10.1. The van der Waals surface area contributed by atoms with Crippen LogP contribution in [0, 0.1) is 17.1 Å². The Morgan fingerprint density at radius 2 is 2.00 bits per heavy atom. The molecule has 10 heteroatoms. The molecule has 0 saturated carbocycles. The molecule has 0 atom stereocenters. The normalized spacial score (nSPS) is 10.8. The zero-order chi connectivity index (χ0) is 24.8. The van der Waals surface area contributed by atoms with Crippen LogP contribution in [0.15, 0.2) is 81.1 Å². The molecule has 2 N–H and O–H groups in total. The van der Waals surface area contributed by atoms with Gasteiger partial charge in [0.25, 0.3) is 5.56 Å². The summed E-state index contributed by atoms with van der Waals surface area (Å²) in [5, 5.41) is 13.8. The predicted octanol–water partition coefficient (Wildman–Crippen LogP) is 5.89. The second-order valence-corrected chi connectivity index (χ2v) is 8.48. The zero-order valence-electron chi connectivity index (χ0n) is 17.9. The Balaban J connectivity index is 1.57. The van der Waals surface area contributed by atoms with Crippen LogP contribution >= 0.6 is 27.5 Å². The molecule has 4 aromatic rings. The van der Waals surface area contributed by atoms with E-state index in [-0.39, 0.29) is 34.4 Å². The van der Waals surface area contributed by atoms with Gasteiger partial charge in [-0.05, 0) is 30.3 Å². The fourth-order valence-corrected chi connectivity index (χ4v) is 3.77. The summed E-state index contributed by atoms with van der Waals surface area (Å²) in [5.41, 5.74) is 3.66. The Hall–Kier alpha value is -4.00. The van der Waals surface area contributed by atoms with Gasteiger partial charge in [-0.3, -0.25) is 9.78 Å². The van der Waals surface area contributed by atoms with Crippen LogP contribution in [-0.2, 0) is 6.61 Å². The lowest BCUT2D eigenvalue weighted by molar-refractivity contribution is 0.299. The van der Waals surface area contributed by atoms with Crippen LogP contribution in [0.2, 0.25) is 5.02 Å². The van der Waals surface area contributed by atoms with Crippen LogP contribution < -0.4 is 15.7 Å². The number of hydrogen-bond acceptors (Lipinski definition) is 6. The molecule has 0 bridgehead atoms. The van der Waals surface area contributed by atoms with E-state index < -0.39 is 11.4 Å². The molecule has 174 valence electrons. The third-order valence-electron chi connectivity index (χ3n) is 4.86. The third-order valence-corrected chi connectivity index (χ3v) is 5.71. The number of benzene rings is 3. The Bertz CT molecular complexity index is 1480. The van der Waals surface area contributed by atoms with Gasteiger partial charge in [-0.25, -0.2) is 14.8 Å². The van der Waals surface area contributed by atoms with E-state index in [1.807, 2.05) is 12.1 Å². The second kappa shape index (κ2) is 11.0. The maximum atomic E-state index is 14.1. The average Bonchev–Trinajstić information content (AvgIpc) is 2.85. The van der Waals surface area contributed by atoms with Crippen LogP contribution in [0.5, 0.6) is 5.75 Å². The minimum absolute atomic E-state index is 0.0553. The predicted molar refractivity (Wildman–Crippen MR) is 136 cm³/mol. The van der Waals surface area contributed by atoms with Gasteiger partial charge in [0.1, 0.15) is 29.8 Å².